The van der Waals surface area contributed by atoms with Crippen LogP contribution in [0.5, 0.6) is 0 Å². The molecule has 2 heteroatoms. The first kappa shape index (κ1) is 16.0. The van der Waals surface area contributed by atoms with Crippen molar-refractivity contribution in [2.45, 2.75) is 83.3 Å². The topological polar surface area (TPSA) is 40.5 Å². The van der Waals surface area contributed by atoms with E-state index in [9.17, 15) is 10.2 Å². The van der Waals surface area contributed by atoms with Crippen LogP contribution >= 0.6 is 0 Å². The highest BCUT2D eigenvalue weighted by Gasteiger charge is 2.64. The van der Waals surface area contributed by atoms with Gasteiger partial charge in [-0.25, -0.2) is 0 Å². The van der Waals surface area contributed by atoms with Crippen LogP contribution < -0.4 is 0 Å². The van der Waals surface area contributed by atoms with E-state index in [1.807, 2.05) is 0 Å². The largest absolute Gasteiger partial charge is 0.393 e. The van der Waals surface area contributed by atoms with E-state index in [2.05, 4.69) is 19.8 Å². The van der Waals surface area contributed by atoms with Crippen LogP contribution in [0.4, 0.5) is 0 Å². The van der Waals surface area contributed by atoms with Gasteiger partial charge in [0.2, 0.25) is 0 Å². The van der Waals surface area contributed by atoms with Gasteiger partial charge in [-0.05, 0) is 86.9 Å². The maximum atomic E-state index is 11.0. The van der Waals surface area contributed by atoms with Gasteiger partial charge in [0.25, 0.3) is 0 Å². The molecule has 23 heavy (non-hydrogen) atoms. The second-order valence-electron chi connectivity index (χ2n) is 9.58. The number of hydrogen-bond acceptors (Lipinski definition) is 2. The summed E-state index contributed by atoms with van der Waals surface area (Å²) in [6.07, 6.45) is 15.6. The average Bonchev–Trinajstić information content (AvgIpc) is 2.80. The van der Waals surface area contributed by atoms with Gasteiger partial charge >= 0.3 is 0 Å². The molecule has 4 fully saturated rings. The molecule has 0 aromatic rings. The van der Waals surface area contributed by atoms with Gasteiger partial charge in [-0.2, -0.15) is 0 Å². The molecule has 4 aliphatic rings. The average molecular weight is 316 g/mol. The Morgan fingerprint density at radius 3 is 2.43 bits per heavy atom. The lowest BCUT2D eigenvalue weighted by Gasteiger charge is -2.61. The fourth-order valence-electron chi connectivity index (χ4n) is 7.49. The fraction of sp³-hybridized carbons (Fsp3) is 0.905. The van der Waals surface area contributed by atoms with Crippen molar-refractivity contribution in [2.24, 2.45) is 34.5 Å². The van der Waals surface area contributed by atoms with Crippen molar-refractivity contribution in [2.75, 3.05) is 0 Å². The van der Waals surface area contributed by atoms with Gasteiger partial charge in [-0.15, -0.1) is 6.42 Å². The van der Waals surface area contributed by atoms with E-state index in [4.69, 9.17) is 6.42 Å². The van der Waals surface area contributed by atoms with Crippen molar-refractivity contribution in [3.63, 3.8) is 0 Å². The van der Waals surface area contributed by atoms with Gasteiger partial charge in [-0.3, -0.25) is 0 Å². The molecule has 0 aliphatic heterocycles. The van der Waals surface area contributed by atoms with Crippen LogP contribution in [0.1, 0.15) is 71.6 Å². The Balaban J connectivity index is 1.65. The van der Waals surface area contributed by atoms with Gasteiger partial charge in [-0.1, -0.05) is 19.8 Å². The Kier molecular flexibility index (Phi) is 3.47. The molecule has 0 radical (unpaired) electrons. The molecule has 2 N–H and O–H groups in total. The Hall–Kier alpha value is -0.520. The van der Waals surface area contributed by atoms with E-state index in [1.54, 1.807) is 0 Å². The SMILES string of the molecule is C#CC1(O)CCC2C3CC[C@H]4C[C@H](O)CC[C@]4(C)C3CC[C@@]21C. The van der Waals surface area contributed by atoms with Crippen LogP contribution in [-0.2, 0) is 0 Å². The first-order valence-corrected chi connectivity index (χ1v) is 9.72. The molecule has 128 valence electrons. The van der Waals surface area contributed by atoms with Gasteiger partial charge < -0.3 is 10.2 Å². The number of fused-ring (bicyclic) bond motifs is 5. The highest BCUT2D eigenvalue weighted by Crippen LogP contribution is 2.68. The lowest BCUT2D eigenvalue weighted by Crippen LogP contribution is -2.56. The summed E-state index contributed by atoms with van der Waals surface area (Å²) in [5, 5.41) is 21.1. The lowest BCUT2D eigenvalue weighted by atomic mass is 9.44. The van der Waals surface area contributed by atoms with Crippen molar-refractivity contribution in [1.29, 1.82) is 0 Å². The summed E-state index contributed by atoms with van der Waals surface area (Å²) in [7, 11) is 0. The van der Waals surface area contributed by atoms with Crippen LogP contribution in [0.2, 0.25) is 0 Å². The molecule has 0 saturated heterocycles. The third-order valence-corrected chi connectivity index (χ3v) is 9.03. The summed E-state index contributed by atoms with van der Waals surface area (Å²) in [6, 6.07) is 0. The molecule has 8 atom stereocenters. The minimum atomic E-state index is -0.886. The predicted molar refractivity (Wildman–Crippen MR) is 91.5 cm³/mol. The Labute approximate surface area is 141 Å². The maximum Gasteiger partial charge on any atom is 0.130 e. The summed E-state index contributed by atoms with van der Waals surface area (Å²) in [6.45, 7) is 4.77. The summed E-state index contributed by atoms with van der Waals surface area (Å²) >= 11 is 0. The van der Waals surface area contributed by atoms with Crippen molar-refractivity contribution in [3.8, 4) is 12.3 Å². The van der Waals surface area contributed by atoms with Gasteiger partial charge in [0.1, 0.15) is 5.60 Å². The minimum absolute atomic E-state index is 0.0727. The summed E-state index contributed by atoms with van der Waals surface area (Å²) in [4.78, 5) is 0. The molecule has 0 aromatic carbocycles. The van der Waals surface area contributed by atoms with E-state index >= 15 is 0 Å². The molecule has 2 nitrogen and oxygen atoms in total. The first-order chi connectivity index (χ1) is 10.8. The zero-order chi connectivity index (χ0) is 16.5. The highest BCUT2D eigenvalue weighted by atomic mass is 16.3. The van der Waals surface area contributed by atoms with Gasteiger partial charge in [0.15, 0.2) is 0 Å². The summed E-state index contributed by atoms with van der Waals surface area (Å²) < 4.78 is 0. The third-order valence-electron chi connectivity index (χ3n) is 9.03. The molecular formula is C21H32O2. The third kappa shape index (κ3) is 1.96. The number of terminal acetylenes is 1. The van der Waals surface area contributed by atoms with Crippen LogP contribution in [0.25, 0.3) is 0 Å². The molecule has 0 aromatic heterocycles. The fourth-order valence-corrected chi connectivity index (χ4v) is 7.49. The van der Waals surface area contributed by atoms with Crippen LogP contribution in [-0.4, -0.2) is 21.9 Å². The maximum absolute atomic E-state index is 11.0. The molecule has 0 amide bonds. The van der Waals surface area contributed by atoms with Crippen LogP contribution in [0, 0.1) is 46.8 Å². The number of rotatable bonds is 0. The lowest BCUT2D eigenvalue weighted by molar-refractivity contribution is -0.144. The van der Waals surface area contributed by atoms with Crippen LogP contribution in [0.15, 0.2) is 0 Å². The van der Waals surface area contributed by atoms with E-state index < -0.39 is 5.60 Å². The van der Waals surface area contributed by atoms with Gasteiger partial charge in [0, 0.05) is 5.41 Å². The standard InChI is InChI=1S/C21H32O2/c1-4-21(23)12-9-18-16-6-5-14-13-15(22)7-10-19(14,2)17(16)8-11-20(18,21)3/h1,14-18,22-23H,5-13H2,2-3H3/t14-,15+,16?,17?,18?,19-,20-,21?/m0/s1. The molecule has 0 spiro atoms. The minimum Gasteiger partial charge on any atom is -0.393 e. The van der Waals surface area contributed by atoms with Crippen LogP contribution in [0.3, 0.4) is 0 Å². The summed E-state index contributed by atoms with van der Waals surface area (Å²) in [5.74, 6) is 5.56. The zero-order valence-corrected chi connectivity index (χ0v) is 14.7. The Morgan fingerprint density at radius 1 is 0.957 bits per heavy atom. The molecule has 4 rings (SSSR count). The van der Waals surface area contributed by atoms with Crippen molar-refractivity contribution < 1.29 is 10.2 Å². The number of hydrogen-bond donors (Lipinski definition) is 2. The number of aliphatic hydroxyl groups is 2. The molecule has 4 aliphatic carbocycles. The number of aliphatic hydroxyl groups excluding tert-OH is 1. The van der Waals surface area contributed by atoms with E-state index in [0.29, 0.717) is 17.3 Å². The summed E-state index contributed by atoms with van der Waals surface area (Å²) in [5.41, 5.74) is -0.566. The molecule has 4 saturated carbocycles. The Morgan fingerprint density at radius 2 is 1.70 bits per heavy atom. The normalized spacial score (nSPS) is 58.7. The van der Waals surface area contributed by atoms with Crippen molar-refractivity contribution in [1.82, 2.24) is 0 Å². The molecule has 4 unspecified atom stereocenters. The second kappa shape index (κ2) is 4.99. The highest BCUT2D eigenvalue weighted by molar-refractivity contribution is 5.23. The van der Waals surface area contributed by atoms with E-state index in [0.717, 1.165) is 43.9 Å². The van der Waals surface area contributed by atoms with Crippen molar-refractivity contribution in [3.05, 3.63) is 0 Å². The Bertz CT molecular complexity index is 536. The molecule has 0 bridgehead atoms. The molecule has 0 heterocycles. The quantitative estimate of drug-likeness (QED) is 0.668. The monoisotopic (exact) mass is 316 g/mol. The van der Waals surface area contributed by atoms with E-state index in [1.165, 1.54) is 25.7 Å². The second-order valence-corrected chi connectivity index (χ2v) is 9.58. The first-order valence-electron chi connectivity index (χ1n) is 9.72. The molecular weight excluding hydrogens is 284 g/mol. The van der Waals surface area contributed by atoms with E-state index in [-0.39, 0.29) is 11.5 Å². The smallest absolute Gasteiger partial charge is 0.130 e. The predicted octanol–water partition coefficient (Wildman–Crippen LogP) is 3.75. The zero-order valence-electron chi connectivity index (χ0n) is 14.7. The van der Waals surface area contributed by atoms with Gasteiger partial charge in [0.05, 0.1) is 6.10 Å². The van der Waals surface area contributed by atoms with Crippen molar-refractivity contribution >= 4 is 0 Å².